The maximum Gasteiger partial charge on any atom is 0.433 e. The van der Waals surface area contributed by atoms with E-state index in [2.05, 4.69) is 20.4 Å². The molecule has 254 valence electrons. The maximum atomic E-state index is 14.0. The van der Waals surface area contributed by atoms with Crippen molar-refractivity contribution in [1.82, 2.24) is 29.0 Å². The molecule has 2 fully saturated rings. The number of nitrogens with one attached hydrogen (secondary N) is 1. The molecule has 3 atom stereocenters. The van der Waals surface area contributed by atoms with E-state index >= 15 is 0 Å². The summed E-state index contributed by atoms with van der Waals surface area (Å²) in [5.74, 6) is -1.31. The second-order valence-electron chi connectivity index (χ2n) is 13.3. The van der Waals surface area contributed by atoms with Crippen LogP contribution in [0.3, 0.4) is 0 Å². The number of nitrogens with zero attached hydrogens (tertiary/aromatic N) is 6. The van der Waals surface area contributed by atoms with Crippen LogP contribution in [0.4, 0.5) is 19.0 Å². The van der Waals surface area contributed by atoms with Crippen LogP contribution in [0.1, 0.15) is 53.1 Å². The van der Waals surface area contributed by atoms with Gasteiger partial charge < -0.3 is 19.5 Å². The Morgan fingerprint density at radius 2 is 1.88 bits per heavy atom. The van der Waals surface area contributed by atoms with Crippen LogP contribution in [0.25, 0.3) is 27.7 Å². The Balaban J connectivity index is 1.19. The van der Waals surface area contributed by atoms with Crippen LogP contribution in [-0.2, 0) is 33.7 Å². The number of benzene rings is 1. The van der Waals surface area contributed by atoms with Gasteiger partial charge in [-0.15, -0.1) is 0 Å². The lowest BCUT2D eigenvalue weighted by atomic mass is 9.97. The summed E-state index contributed by atoms with van der Waals surface area (Å²) in [5, 5.41) is 7.72. The Morgan fingerprint density at radius 3 is 2.59 bits per heavy atom. The van der Waals surface area contributed by atoms with Crippen molar-refractivity contribution in [2.45, 2.75) is 59.5 Å². The standard InChI is InChI=1S/C35H34F3N7O4/c1-18-8-22(23-12-39-28-9-19(2)42-45(28)13-23)10-25-26(20(3)46)15-43(30(18)25)16-29(47)44-14-24-11-34(24,4)31(44)33(48)41-32-21(17-49-5)6-7-27(40-32)35(36,37)38/h6-10,12-13,15,24,31H,11,14,16-17H2,1-5H3,(H,40,41,48)/t24-,31-,34-/m1/s1. The van der Waals surface area contributed by atoms with E-state index in [0.717, 1.165) is 34.1 Å². The summed E-state index contributed by atoms with van der Waals surface area (Å²) in [6.07, 6.45) is 1.28. The summed E-state index contributed by atoms with van der Waals surface area (Å²) in [5.41, 5.74) is 3.78. The number of hydrogen-bond donors (Lipinski definition) is 1. The highest BCUT2D eigenvalue weighted by Gasteiger charge is 2.66. The lowest BCUT2D eigenvalue weighted by molar-refractivity contribution is -0.141. The molecule has 5 aromatic rings. The van der Waals surface area contributed by atoms with Crippen molar-refractivity contribution in [1.29, 1.82) is 0 Å². The van der Waals surface area contributed by atoms with Gasteiger partial charge in [-0.2, -0.15) is 18.3 Å². The van der Waals surface area contributed by atoms with Gasteiger partial charge in [-0.05, 0) is 62.4 Å². The van der Waals surface area contributed by atoms with Crippen LogP contribution < -0.4 is 5.32 Å². The average molecular weight is 674 g/mol. The van der Waals surface area contributed by atoms with E-state index in [-0.39, 0.29) is 42.1 Å². The van der Waals surface area contributed by atoms with Gasteiger partial charge in [0.2, 0.25) is 11.8 Å². The Morgan fingerprint density at radius 1 is 1.10 bits per heavy atom. The van der Waals surface area contributed by atoms with E-state index in [0.29, 0.717) is 29.4 Å². The minimum atomic E-state index is -4.71. The molecule has 2 aliphatic rings. The van der Waals surface area contributed by atoms with Crippen molar-refractivity contribution >= 4 is 40.0 Å². The first-order valence-corrected chi connectivity index (χ1v) is 15.8. The molecule has 1 aliphatic carbocycles. The Bertz CT molecular complexity index is 2190. The SMILES string of the molecule is COCc1ccc(C(F)(F)F)nc1NC(=O)[C@H]1N(C(=O)Cn2cc(C(C)=O)c3cc(-c4cnc5cc(C)nn5c4)cc(C)c32)C[C@H]2C[C@]21C. The smallest absolute Gasteiger partial charge is 0.380 e. The number of anilines is 1. The van der Waals surface area contributed by atoms with Crippen molar-refractivity contribution < 1.29 is 32.3 Å². The number of methoxy groups -OCH3 is 1. The first-order valence-electron chi connectivity index (χ1n) is 15.8. The number of fused-ring (bicyclic) bond motifs is 3. The lowest BCUT2D eigenvalue weighted by Crippen LogP contribution is -2.49. The van der Waals surface area contributed by atoms with Crippen molar-refractivity contribution in [3.8, 4) is 11.1 Å². The Labute approximate surface area is 279 Å². The minimum Gasteiger partial charge on any atom is -0.380 e. The highest BCUT2D eigenvalue weighted by molar-refractivity contribution is 6.09. The van der Waals surface area contributed by atoms with Crippen molar-refractivity contribution in [3.05, 3.63) is 77.0 Å². The Hall–Kier alpha value is -5.11. The second kappa shape index (κ2) is 11.5. The number of carbonyl (C=O) groups is 3. The number of aromatic nitrogens is 5. The third-order valence-corrected chi connectivity index (χ3v) is 9.81. The number of ether oxygens (including phenoxy) is 1. The van der Waals surface area contributed by atoms with Gasteiger partial charge in [0, 0.05) is 65.8 Å². The van der Waals surface area contributed by atoms with E-state index in [1.54, 1.807) is 21.5 Å². The number of aryl methyl sites for hydroxylation is 2. The van der Waals surface area contributed by atoms with Gasteiger partial charge in [0.15, 0.2) is 11.4 Å². The molecule has 0 unspecified atom stereocenters. The molecule has 2 amide bonds. The zero-order valence-corrected chi connectivity index (χ0v) is 27.6. The first kappa shape index (κ1) is 32.4. The summed E-state index contributed by atoms with van der Waals surface area (Å²) in [4.78, 5) is 50.4. The van der Waals surface area contributed by atoms with Crippen LogP contribution in [0, 0.1) is 25.2 Å². The molecular weight excluding hydrogens is 639 g/mol. The fourth-order valence-electron chi connectivity index (χ4n) is 7.29. The average Bonchev–Trinajstić information content (AvgIpc) is 3.30. The van der Waals surface area contributed by atoms with Crippen molar-refractivity contribution in [3.63, 3.8) is 0 Å². The molecule has 1 aromatic carbocycles. The third kappa shape index (κ3) is 5.63. The molecule has 1 aliphatic heterocycles. The minimum absolute atomic E-state index is 0.0672. The number of piperidine rings is 1. The quantitative estimate of drug-likeness (QED) is 0.213. The molecule has 49 heavy (non-hydrogen) atoms. The zero-order chi connectivity index (χ0) is 35.0. The van der Waals surface area contributed by atoms with Crippen LogP contribution >= 0.6 is 0 Å². The first-order chi connectivity index (χ1) is 23.2. The molecule has 0 bridgehead atoms. The molecule has 0 radical (unpaired) electrons. The number of carbonyl (C=O) groups excluding carboxylic acids is 3. The molecule has 14 heteroatoms. The number of rotatable bonds is 8. The number of amides is 2. The summed E-state index contributed by atoms with van der Waals surface area (Å²) in [6, 6.07) is 6.88. The van der Waals surface area contributed by atoms with Gasteiger partial charge in [0.05, 0.1) is 17.8 Å². The second-order valence-corrected chi connectivity index (χ2v) is 13.3. The molecule has 5 heterocycles. The van der Waals surface area contributed by atoms with E-state index < -0.39 is 29.2 Å². The highest BCUT2D eigenvalue weighted by Crippen LogP contribution is 2.61. The van der Waals surface area contributed by atoms with Crippen LogP contribution in [-0.4, -0.2) is 66.3 Å². The van der Waals surface area contributed by atoms with E-state index in [1.165, 1.54) is 25.0 Å². The summed E-state index contributed by atoms with van der Waals surface area (Å²) >= 11 is 0. The number of Topliss-reactive ketones (excluding diaryl/α,β-unsaturated/α-hetero) is 1. The fourth-order valence-corrected chi connectivity index (χ4v) is 7.29. The maximum absolute atomic E-state index is 14.0. The van der Waals surface area contributed by atoms with Gasteiger partial charge >= 0.3 is 6.18 Å². The van der Waals surface area contributed by atoms with Gasteiger partial charge in [-0.25, -0.2) is 14.5 Å². The molecule has 0 spiro atoms. The molecule has 1 N–H and O–H groups in total. The topological polar surface area (TPSA) is 124 Å². The summed E-state index contributed by atoms with van der Waals surface area (Å²) < 4.78 is 49.0. The van der Waals surface area contributed by atoms with Crippen LogP contribution in [0.15, 0.2) is 48.9 Å². The molecular formula is C35H34F3N7O4. The predicted molar refractivity (Wildman–Crippen MR) is 174 cm³/mol. The highest BCUT2D eigenvalue weighted by atomic mass is 19.4. The number of pyridine rings is 1. The summed E-state index contributed by atoms with van der Waals surface area (Å²) in [6.45, 7) is 7.29. The predicted octanol–water partition coefficient (Wildman–Crippen LogP) is 5.61. The zero-order valence-electron chi connectivity index (χ0n) is 27.6. The van der Waals surface area contributed by atoms with Gasteiger partial charge in [0.25, 0.3) is 0 Å². The number of likely N-dealkylation sites (tertiary alicyclic amines) is 1. The molecule has 4 aromatic heterocycles. The molecule has 1 saturated heterocycles. The van der Waals surface area contributed by atoms with Crippen molar-refractivity contribution in [2.75, 3.05) is 19.0 Å². The number of ketones is 1. The van der Waals surface area contributed by atoms with Gasteiger partial charge in [-0.3, -0.25) is 14.4 Å². The van der Waals surface area contributed by atoms with E-state index in [1.807, 2.05) is 45.2 Å². The van der Waals surface area contributed by atoms with Crippen LogP contribution in [0.5, 0.6) is 0 Å². The molecule has 7 rings (SSSR count). The lowest BCUT2D eigenvalue weighted by Gasteiger charge is -2.30. The normalized spacial score (nSPS) is 20.2. The Kier molecular flexibility index (Phi) is 7.61. The number of hydrogen-bond acceptors (Lipinski definition) is 7. The molecule has 11 nitrogen and oxygen atoms in total. The number of halogens is 3. The van der Waals surface area contributed by atoms with Crippen molar-refractivity contribution in [2.24, 2.45) is 11.3 Å². The summed E-state index contributed by atoms with van der Waals surface area (Å²) in [7, 11) is 1.39. The largest absolute Gasteiger partial charge is 0.433 e. The van der Waals surface area contributed by atoms with Gasteiger partial charge in [0.1, 0.15) is 24.1 Å². The van der Waals surface area contributed by atoms with Crippen LogP contribution in [0.2, 0.25) is 0 Å². The third-order valence-electron chi connectivity index (χ3n) is 9.81. The fraction of sp³-hybridized carbons (Fsp3) is 0.371. The van der Waals surface area contributed by atoms with E-state index in [9.17, 15) is 27.6 Å². The molecule has 1 saturated carbocycles. The van der Waals surface area contributed by atoms with Gasteiger partial charge in [-0.1, -0.05) is 13.0 Å². The number of alkyl halides is 3. The van der Waals surface area contributed by atoms with E-state index in [4.69, 9.17) is 4.74 Å². The monoisotopic (exact) mass is 673 g/mol.